The van der Waals surface area contributed by atoms with Crippen molar-refractivity contribution in [1.29, 1.82) is 0 Å². The smallest absolute Gasteiger partial charge is 0.148 e. The van der Waals surface area contributed by atoms with Crippen molar-refractivity contribution in [2.45, 2.75) is 13.5 Å². The van der Waals surface area contributed by atoms with Crippen LogP contribution in [0.1, 0.15) is 11.4 Å². The lowest BCUT2D eigenvalue weighted by atomic mass is 10.3. The highest BCUT2D eigenvalue weighted by molar-refractivity contribution is 5.32. The third kappa shape index (κ3) is 1.73. The van der Waals surface area contributed by atoms with Gasteiger partial charge in [0.05, 0.1) is 6.54 Å². The Morgan fingerprint density at radius 2 is 2.36 bits per heavy atom. The Bertz CT molecular complexity index is 419. The normalized spacial score (nSPS) is 10.4. The van der Waals surface area contributed by atoms with Gasteiger partial charge < -0.3 is 5.32 Å². The highest BCUT2D eigenvalue weighted by atomic mass is 16.6. The van der Waals surface area contributed by atoms with Crippen molar-refractivity contribution in [3.05, 3.63) is 23.7 Å². The first kappa shape index (κ1) is 8.74. The van der Waals surface area contributed by atoms with Crippen LogP contribution in [-0.2, 0) is 13.6 Å². The molecule has 0 unspecified atom stereocenters. The van der Waals surface area contributed by atoms with Gasteiger partial charge in [0.1, 0.15) is 17.2 Å². The fourth-order valence-electron chi connectivity index (χ4n) is 1.09. The maximum atomic E-state index is 4.57. The zero-order chi connectivity index (χ0) is 9.97. The predicted octanol–water partition coefficient (Wildman–Crippen LogP) is 0.724. The lowest BCUT2D eigenvalue weighted by Gasteiger charge is -1.98. The van der Waals surface area contributed by atoms with Crippen LogP contribution in [0.5, 0.6) is 0 Å². The number of aromatic nitrogens is 4. The monoisotopic (exact) mass is 193 g/mol. The minimum absolute atomic E-state index is 0.576. The van der Waals surface area contributed by atoms with Crippen molar-refractivity contribution in [1.82, 2.24) is 20.1 Å². The van der Waals surface area contributed by atoms with Gasteiger partial charge in [-0.15, -0.1) is 0 Å². The summed E-state index contributed by atoms with van der Waals surface area (Å²) in [6.07, 6.45) is 1.87. The van der Waals surface area contributed by atoms with E-state index in [0.29, 0.717) is 6.54 Å². The average Bonchev–Trinajstić information content (AvgIpc) is 2.72. The third-order valence-corrected chi connectivity index (χ3v) is 1.90. The highest BCUT2D eigenvalue weighted by Crippen LogP contribution is 2.05. The number of rotatable bonds is 3. The minimum atomic E-state index is 0.576. The van der Waals surface area contributed by atoms with Gasteiger partial charge in [-0.05, 0) is 6.92 Å². The maximum Gasteiger partial charge on any atom is 0.148 e. The fourth-order valence-corrected chi connectivity index (χ4v) is 1.09. The second-order valence-corrected chi connectivity index (χ2v) is 3.02. The number of aryl methyl sites for hydroxylation is 2. The van der Waals surface area contributed by atoms with E-state index < -0.39 is 0 Å². The van der Waals surface area contributed by atoms with Crippen LogP contribution in [0, 0.1) is 6.92 Å². The topological polar surface area (TPSA) is 68.8 Å². The molecule has 2 heterocycles. The summed E-state index contributed by atoms with van der Waals surface area (Å²) in [5, 5.41) is 14.7. The molecule has 1 N–H and O–H groups in total. The van der Waals surface area contributed by atoms with Crippen molar-refractivity contribution in [3.63, 3.8) is 0 Å². The molecular weight excluding hydrogens is 182 g/mol. The molecule has 0 fully saturated rings. The first-order chi connectivity index (χ1) is 6.75. The molecule has 6 heteroatoms. The molecular formula is C8H11N5O. The van der Waals surface area contributed by atoms with E-state index in [-0.39, 0.29) is 0 Å². The third-order valence-electron chi connectivity index (χ3n) is 1.90. The van der Waals surface area contributed by atoms with Gasteiger partial charge in [-0.1, -0.05) is 10.3 Å². The molecule has 14 heavy (non-hydrogen) atoms. The predicted molar refractivity (Wildman–Crippen MR) is 49.6 cm³/mol. The van der Waals surface area contributed by atoms with E-state index in [1.807, 2.05) is 26.2 Å². The van der Waals surface area contributed by atoms with Crippen molar-refractivity contribution in [2.24, 2.45) is 7.05 Å². The molecule has 2 aromatic rings. The Labute approximate surface area is 80.9 Å². The van der Waals surface area contributed by atoms with Gasteiger partial charge in [-0.25, -0.2) is 4.63 Å². The molecule has 0 aliphatic carbocycles. The van der Waals surface area contributed by atoms with Crippen LogP contribution in [0.4, 0.5) is 5.82 Å². The summed E-state index contributed by atoms with van der Waals surface area (Å²) in [5.74, 6) is 0.815. The van der Waals surface area contributed by atoms with Gasteiger partial charge in [-0.3, -0.25) is 4.68 Å². The zero-order valence-corrected chi connectivity index (χ0v) is 8.06. The molecule has 0 spiro atoms. The van der Waals surface area contributed by atoms with Gasteiger partial charge in [0.25, 0.3) is 0 Å². The van der Waals surface area contributed by atoms with Crippen molar-refractivity contribution >= 4 is 5.82 Å². The lowest BCUT2D eigenvalue weighted by molar-refractivity contribution is 0.301. The van der Waals surface area contributed by atoms with Crippen LogP contribution in [0.15, 0.2) is 16.9 Å². The molecule has 0 atom stereocenters. The summed E-state index contributed by atoms with van der Waals surface area (Å²) >= 11 is 0. The van der Waals surface area contributed by atoms with Crippen LogP contribution < -0.4 is 5.32 Å². The Morgan fingerprint density at radius 1 is 1.50 bits per heavy atom. The van der Waals surface area contributed by atoms with E-state index in [0.717, 1.165) is 17.2 Å². The van der Waals surface area contributed by atoms with E-state index >= 15 is 0 Å². The summed E-state index contributed by atoms with van der Waals surface area (Å²) < 4.78 is 6.31. The molecule has 74 valence electrons. The van der Waals surface area contributed by atoms with Gasteiger partial charge in [-0.2, -0.15) is 5.10 Å². The number of anilines is 1. The van der Waals surface area contributed by atoms with Crippen molar-refractivity contribution in [2.75, 3.05) is 5.32 Å². The molecule has 0 aliphatic rings. The number of nitrogens with one attached hydrogen (secondary N) is 1. The minimum Gasteiger partial charge on any atom is -0.363 e. The standard InChI is InChI=1S/C8H11N5O/c1-6-7(12-14-11-6)5-9-8-3-4-13(2)10-8/h3-4H,5H2,1-2H3,(H,9,10). The van der Waals surface area contributed by atoms with Crippen molar-refractivity contribution < 1.29 is 4.63 Å². The Morgan fingerprint density at radius 3 is 2.93 bits per heavy atom. The SMILES string of the molecule is Cc1nonc1CNc1ccn(C)n1. The van der Waals surface area contributed by atoms with E-state index in [2.05, 4.69) is 25.4 Å². The maximum absolute atomic E-state index is 4.57. The Hall–Kier alpha value is -1.85. The lowest BCUT2D eigenvalue weighted by Crippen LogP contribution is -2.02. The van der Waals surface area contributed by atoms with E-state index in [9.17, 15) is 0 Å². The van der Waals surface area contributed by atoms with Crippen LogP contribution in [-0.4, -0.2) is 20.1 Å². The van der Waals surface area contributed by atoms with Crippen LogP contribution in [0.3, 0.4) is 0 Å². The average molecular weight is 193 g/mol. The summed E-state index contributed by atoms with van der Waals surface area (Å²) in [4.78, 5) is 0. The Balaban J connectivity index is 1.98. The summed E-state index contributed by atoms with van der Waals surface area (Å²) in [6.45, 7) is 2.43. The molecule has 0 saturated carbocycles. The van der Waals surface area contributed by atoms with Gasteiger partial charge in [0.15, 0.2) is 0 Å². The van der Waals surface area contributed by atoms with Crippen LogP contribution in [0.2, 0.25) is 0 Å². The quantitative estimate of drug-likeness (QED) is 0.778. The molecule has 0 aliphatic heterocycles. The van der Waals surface area contributed by atoms with Crippen LogP contribution >= 0.6 is 0 Å². The van der Waals surface area contributed by atoms with Gasteiger partial charge >= 0.3 is 0 Å². The molecule has 0 saturated heterocycles. The summed E-state index contributed by atoms with van der Waals surface area (Å²) in [6, 6.07) is 1.89. The summed E-state index contributed by atoms with van der Waals surface area (Å²) in [7, 11) is 1.87. The molecule has 0 bridgehead atoms. The van der Waals surface area contributed by atoms with E-state index in [4.69, 9.17) is 0 Å². The Kier molecular flexibility index (Phi) is 2.18. The highest BCUT2D eigenvalue weighted by Gasteiger charge is 2.04. The number of hydrogen-bond donors (Lipinski definition) is 1. The zero-order valence-electron chi connectivity index (χ0n) is 8.06. The molecule has 0 amide bonds. The van der Waals surface area contributed by atoms with Gasteiger partial charge in [0.2, 0.25) is 0 Å². The fraction of sp³-hybridized carbons (Fsp3) is 0.375. The number of nitrogens with zero attached hydrogens (tertiary/aromatic N) is 4. The second-order valence-electron chi connectivity index (χ2n) is 3.02. The molecule has 0 aromatic carbocycles. The molecule has 0 radical (unpaired) electrons. The number of hydrogen-bond acceptors (Lipinski definition) is 5. The summed E-state index contributed by atoms with van der Waals surface area (Å²) in [5.41, 5.74) is 1.60. The first-order valence-corrected chi connectivity index (χ1v) is 4.27. The van der Waals surface area contributed by atoms with Crippen LogP contribution in [0.25, 0.3) is 0 Å². The van der Waals surface area contributed by atoms with Crippen molar-refractivity contribution in [3.8, 4) is 0 Å². The largest absolute Gasteiger partial charge is 0.363 e. The molecule has 2 aromatic heterocycles. The first-order valence-electron chi connectivity index (χ1n) is 4.27. The molecule has 6 nitrogen and oxygen atoms in total. The van der Waals surface area contributed by atoms with E-state index in [1.165, 1.54) is 0 Å². The second kappa shape index (κ2) is 3.49. The van der Waals surface area contributed by atoms with E-state index in [1.54, 1.807) is 4.68 Å². The molecule has 2 rings (SSSR count). The van der Waals surface area contributed by atoms with Gasteiger partial charge in [0, 0.05) is 19.3 Å².